The molecule has 2 rings (SSSR count). The largest absolute Gasteiger partial charge is 0.340 e. The molecule has 0 amide bonds. The summed E-state index contributed by atoms with van der Waals surface area (Å²) in [6.45, 7) is 3.75. The van der Waals surface area contributed by atoms with Crippen molar-refractivity contribution in [1.82, 2.24) is 14.9 Å². The normalized spacial score (nSPS) is 10.5. The molecule has 0 bridgehead atoms. The van der Waals surface area contributed by atoms with E-state index in [1.165, 1.54) is 5.56 Å². The number of nitrogens with zero attached hydrogens (tertiary/aromatic N) is 3. The zero-order valence-electron chi connectivity index (χ0n) is 10.6. The zero-order chi connectivity index (χ0) is 13.0. The van der Waals surface area contributed by atoms with E-state index in [-0.39, 0.29) is 0 Å². The minimum Gasteiger partial charge on any atom is -0.340 e. The van der Waals surface area contributed by atoms with Crippen molar-refractivity contribution in [2.75, 3.05) is 6.54 Å². The standard InChI is InChI=1S/C13H16N4S/c1-10-11(7-12(8-14)17(10)2)9-15-4-3-13-16-5-6-18-13/h5-7,15H,3-4,9H2,1-2H3. The van der Waals surface area contributed by atoms with Crippen LogP contribution >= 0.6 is 11.3 Å². The van der Waals surface area contributed by atoms with Crippen molar-refractivity contribution in [3.05, 3.63) is 39.6 Å². The second kappa shape index (κ2) is 5.80. The van der Waals surface area contributed by atoms with Gasteiger partial charge in [-0.3, -0.25) is 0 Å². The van der Waals surface area contributed by atoms with E-state index in [9.17, 15) is 0 Å². The highest BCUT2D eigenvalue weighted by atomic mass is 32.1. The Bertz CT molecular complexity index is 548. The highest BCUT2D eigenvalue weighted by Gasteiger charge is 2.07. The zero-order valence-corrected chi connectivity index (χ0v) is 11.4. The van der Waals surface area contributed by atoms with Crippen LogP contribution in [0, 0.1) is 18.3 Å². The monoisotopic (exact) mass is 260 g/mol. The maximum atomic E-state index is 8.95. The van der Waals surface area contributed by atoms with Gasteiger partial charge in [-0.1, -0.05) is 0 Å². The summed E-state index contributed by atoms with van der Waals surface area (Å²) in [5.41, 5.74) is 3.05. The van der Waals surface area contributed by atoms with Gasteiger partial charge >= 0.3 is 0 Å². The summed E-state index contributed by atoms with van der Waals surface area (Å²) < 4.78 is 1.93. The molecule has 5 heteroatoms. The third-order valence-corrected chi connectivity index (χ3v) is 3.91. The Morgan fingerprint density at radius 2 is 2.39 bits per heavy atom. The molecule has 18 heavy (non-hydrogen) atoms. The Morgan fingerprint density at radius 1 is 1.56 bits per heavy atom. The Hall–Kier alpha value is -1.64. The summed E-state index contributed by atoms with van der Waals surface area (Å²) in [6, 6.07) is 4.15. The Morgan fingerprint density at radius 3 is 3.00 bits per heavy atom. The van der Waals surface area contributed by atoms with Crippen molar-refractivity contribution >= 4 is 11.3 Å². The number of hydrogen-bond donors (Lipinski definition) is 1. The summed E-state index contributed by atoms with van der Waals surface area (Å²) in [4.78, 5) is 4.24. The van der Waals surface area contributed by atoms with E-state index in [4.69, 9.17) is 5.26 Å². The molecule has 0 spiro atoms. The molecule has 0 fully saturated rings. The average Bonchev–Trinajstić information content (AvgIpc) is 2.97. The number of nitriles is 1. The van der Waals surface area contributed by atoms with Gasteiger partial charge in [0.1, 0.15) is 11.8 Å². The van der Waals surface area contributed by atoms with Crippen molar-refractivity contribution in [1.29, 1.82) is 5.26 Å². The first kappa shape index (κ1) is 12.8. The highest BCUT2D eigenvalue weighted by molar-refractivity contribution is 7.09. The minimum absolute atomic E-state index is 0.712. The van der Waals surface area contributed by atoms with E-state index >= 15 is 0 Å². The van der Waals surface area contributed by atoms with Crippen LogP contribution in [0.3, 0.4) is 0 Å². The van der Waals surface area contributed by atoms with E-state index in [0.717, 1.165) is 30.2 Å². The van der Waals surface area contributed by atoms with Gasteiger partial charge in [0.15, 0.2) is 0 Å². The van der Waals surface area contributed by atoms with Gasteiger partial charge in [-0.05, 0) is 18.6 Å². The average molecular weight is 260 g/mol. The number of nitrogens with one attached hydrogen (secondary N) is 1. The highest BCUT2D eigenvalue weighted by Crippen LogP contribution is 2.13. The summed E-state index contributed by atoms with van der Waals surface area (Å²) in [7, 11) is 1.92. The van der Waals surface area contributed by atoms with Crippen LogP contribution in [0.5, 0.6) is 0 Å². The van der Waals surface area contributed by atoms with Gasteiger partial charge in [0.2, 0.25) is 0 Å². The van der Waals surface area contributed by atoms with Crippen LogP contribution in [0.2, 0.25) is 0 Å². The van der Waals surface area contributed by atoms with Gasteiger partial charge < -0.3 is 9.88 Å². The molecule has 0 aromatic carbocycles. The van der Waals surface area contributed by atoms with E-state index in [0.29, 0.717) is 5.69 Å². The number of hydrogen-bond acceptors (Lipinski definition) is 4. The van der Waals surface area contributed by atoms with Gasteiger partial charge in [-0.2, -0.15) is 5.26 Å². The van der Waals surface area contributed by atoms with Crippen LogP contribution in [0.25, 0.3) is 0 Å². The summed E-state index contributed by atoms with van der Waals surface area (Å²) >= 11 is 1.68. The summed E-state index contributed by atoms with van der Waals surface area (Å²) in [5.74, 6) is 0. The maximum absolute atomic E-state index is 8.95. The van der Waals surface area contributed by atoms with Crippen LogP contribution in [-0.4, -0.2) is 16.1 Å². The molecule has 2 heterocycles. The van der Waals surface area contributed by atoms with E-state index in [2.05, 4.69) is 16.4 Å². The first-order valence-corrected chi connectivity index (χ1v) is 6.74. The molecule has 1 N–H and O–H groups in total. The molecule has 0 saturated carbocycles. The Labute approximate surface area is 111 Å². The van der Waals surface area contributed by atoms with Crippen LogP contribution in [0.1, 0.15) is 22.0 Å². The first-order chi connectivity index (χ1) is 8.72. The lowest BCUT2D eigenvalue weighted by atomic mass is 10.2. The van der Waals surface area contributed by atoms with Crippen molar-refractivity contribution in [3.8, 4) is 6.07 Å². The molecule has 4 nitrogen and oxygen atoms in total. The van der Waals surface area contributed by atoms with Gasteiger partial charge in [-0.15, -0.1) is 11.3 Å². The van der Waals surface area contributed by atoms with Crippen LogP contribution in [-0.2, 0) is 20.0 Å². The molecule has 0 saturated heterocycles. The number of aromatic nitrogens is 2. The van der Waals surface area contributed by atoms with E-state index in [1.54, 1.807) is 11.3 Å². The van der Waals surface area contributed by atoms with Gasteiger partial charge in [0.25, 0.3) is 0 Å². The van der Waals surface area contributed by atoms with Crippen molar-refractivity contribution < 1.29 is 0 Å². The minimum atomic E-state index is 0.712. The lowest BCUT2D eigenvalue weighted by Crippen LogP contribution is -2.17. The quantitative estimate of drug-likeness (QED) is 0.837. The predicted molar refractivity (Wildman–Crippen MR) is 72.4 cm³/mol. The summed E-state index contributed by atoms with van der Waals surface area (Å²) in [6.07, 6.45) is 2.79. The number of rotatable bonds is 5. The second-order valence-electron chi connectivity index (χ2n) is 4.16. The van der Waals surface area contributed by atoms with Crippen LogP contribution in [0.15, 0.2) is 17.6 Å². The molecule has 94 valence electrons. The number of thiazole rings is 1. The van der Waals surface area contributed by atoms with E-state index in [1.807, 2.05) is 36.2 Å². The molecule has 0 aliphatic carbocycles. The molecule has 0 aliphatic rings. The Kier molecular flexibility index (Phi) is 4.13. The predicted octanol–water partition coefficient (Wildman–Crippen LogP) is 1.99. The summed E-state index contributed by atoms with van der Waals surface area (Å²) in [5, 5.41) is 15.5. The fourth-order valence-electron chi connectivity index (χ4n) is 1.84. The Balaban J connectivity index is 1.85. The third-order valence-electron chi connectivity index (χ3n) is 3.07. The molecule has 0 aliphatic heterocycles. The molecule has 0 atom stereocenters. The molecule has 0 radical (unpaired) electrons. The van der Waals surface area contributed by atoms with Crippen molar-refractivity contribution in [2.24, 2.45) is 7.05 Å². The lowest BCUT2D eigenvalue weighted by molar-refractivity contribution is 0.680. The molecule has 0 unspecified atom stereocenters. The third kappa shape index (κ3) is 2.78. The van der Waals surface area contributed by atoms with Crippen LogP contribution in [0.4, 0.5) is 0 Å². The molecule has 2 aromatic rings. The molecular weight excluding hydrogens is 244 g/mol. The lowest BCUT2D eigenvalue weighted by Gasteiger charge is -2.04. The molecular formula is C13H16N4S. The maximum Gasteiger partial charge on any atom is 0.120 e. The fraction of sp³-hybridized carbons (Fsp3) is 0.385. The van der Waals surface area contributed by atoms with Gasteiger partial charge in [0, 0.05) is 43.8 Å². The topological polar surface area (TPSA) is 53.6 Å². The van der Waals surface area contributed by atoms with Gasteiger partial charge in [-0.25, -0.2) is 4.98 Å². The second-order valence-corrected chi connectivity index (χ2v) is 5.14. The van der Waals surface area contributed by atoms with E-state index < -0.39 is 0 Å². The smallest absolute Gasteiger partial charge is 0.120 e. The SMILES string of the molecule is Cc1c(CNCCc2nccs2)cc(C#N)n1C. The fourth-order valence-corrected chi connectivity index (χ4v) is 2.46. The molecule has 2 aromatic heterocycles. The first-order valence-electron chi connectivity index (χ1n) is 5.86. The van der Waals surface area contributed by atoms with Gasteiger partial charge in [0.05, 0.1) is 5.01 Å². The van der Waals surface area contributed by atoms with Crippen LogP contribution < -0.4 is 5.32 Å². The van der Waals surface area contributed by atoms with Crippen molar-refractivity contribution in [3.63, 3.8) is 0 Å². The van der Waals surface area contributed by atoms with Crippen molar-refractivity contribution in [2.45, 2.75) is 19.9 Å².